The summed E-state index contributed by atoms with van der Waals surface area (Å²) in [6.07, 6.45) is 1.12. The van der Waals surface area contributed by atoms with Crippen molar-refractivity contribution in [2.75, 3.05) is 26.3 Å². The van der Waals surface area contributed by atoms with Gasteiger partial charge in [0.05, 0.1) is 18.1 Å². The third kappa shape index (κ3) is 5.38. The maximum atomic E-state index is 12.6. The zero-order chi connectivity index (χ0) is 19.1. The lowest BCUT2D eigenvalue weighted by Crippen LogP contribution is -2.40. The Labute approximate surface area is 160 Å². The standard InChI is InChI=1S/C20H24N2O4S/c23-20(11-8-17-4-2-1-3-5-17)21-16-18-6-9-19(10-7-18)27(24,25)22-12-14-26-15-13-22/h1-7,9-10H,8,11-16H2,(H,21,23). The van der Waals surface area contributed by atoms with E-state index in [0.29, 0.717) is 45.7 Å². The molecule has 0 aromatic heterocycles. The molecular formula is C20H24N2O4S. The average molecular weight is 388 g/mol. The Hall–Kier alpha value is -2.22. The number of amides is 1. The van der Waals surface area contributed by atoms with Crippen LogP contribution in [-0.4, -0.2) is 44.9 Å². The molecule has 1 amide bonds. The summed E-state index contributed by atoms with van der Waals surface area (Å²) in [7, 11) is -3.48. The molecule has 1 aliphatic rings. The first-order valence-electron chi connectivity index (χ1n) is 9.03. The van der Waals surface area contributed by atoms with Crippen LogP contribution in [0.25, 0.3) is 0 Å². The number of ether oxygens (including phenoxy) is 1. The molecule has 0 aliphatic carbocycles. The van der Waals surface area contributed by atoms with Crippen molar-refractivity contribution in [3.63, 3.8) is 0 Å². The van der Waals surface area contributed by atoms with Crippen LogP contribution in [0.3, 0.4) is 0 Å². The van der Waals surface area contributed by atoms with Crippen molar-refractivity contribution in [3.8, 4) is 0 Å². The lowest BCUT2D eigenvalue weighted by Gasteiger charge is -2.26. The molecule has 1 aliphatic heterocycles. The number of rotatable bonds is 7. The van der Waals surface area contributed by atoms with Crippen LogP contribution in [0, 0.1) is 0 Å². The molecule has 1 N–H and O–H groups in total. The van der Waals surface area contributed by atoms with Crippen molar-refractivity contribution in [2.24, 2.45) is 0 Å². The molecule has 0 atom stereocenters. The molecule has 27 heavy (non-hydrogen) atoms. The molecule has 144 valence electrons. The molecule has 1 saturated heterocycles. The van der Waals surface area contributed by atoms with Crippen molar-refractivity contribution in [3.05, 3.63) is 65.7 Å². The van der Waals surface area contributed by atoms with E-state index in [1.165, 1.54) is 4.31 Å². The van der Waals surface area contributed by atoms with Crippen LogP contribution in [0.2, 0.25) is 0 Å². The number of carbonyl (C=O) groups excluding carboxylic acids is 1. The fourth-order valence-electron chi connectivity index (χ4n) is 2.91. The van der Waals surface area contributed by atoms with Gasteiger partial charge in [-0.3, -0.25) is 4.79 Å². The monoisotopic (exact) mass is 388 g/mol. The minimum absolute atomic E-state index is 0.0242. The van der Waals surface area contributed by atoms with Crippen molar-refractivity contribution < 1.29 is 17.9 Å². The molecule has 3 rings (SSSR count). The molecular weight excluding hydrogens is 364 g/mol. The first kappa shape index (κ1) is 19.5. The molecule has 6 nitrogen and oxygen atoms in total. The van der Waals surface area contributed by atoms with E-state index in [2.05, 4.69) is 5.32 Å². The number of nitrogens with one attached hydrogen (secondary N) is 1. The second kappa shape index (κ2) is 9.12. The highest BCUT2D eigenvalue weighted by Gasteiger charge is 2.26. The number of benzene rings is 2. The molecule has 1 fully saturated rings. The van der Waals surface area contributed by atoms with E-state index in [0.717, 1.165) is 11.1 Å². The molecule has 0 spiro atoms. The number of hydrogen-bond acceptors (Lipinski definition) is 4. The van der Waals surface area contributed by atoms with Crippen molar-refractivity contribution >= 4 is 15.9 Å². The summed E-state index contributed by atoms with van der Waals surface area (Å²) in [6.45, 7) is 1.98. The van der Waals surface area contributed by atoms with E-state index in [-0.39, 0.29) is 10.8 Å². The largest absolute Gasteiger partial charge is 0.379 e. The highest BCUT2D eigenvalue weighted by Crippen LogP contribution is 2.17. The van der Waals surface area contributed by atoms with E-state index in [9.17, 15) is 13.2 Å². The lowest BCUT2D eigenvalue weighted by atomic mass is 10.1. The second-order valence-electron chi connectivity index (χ2n) is 6.42. The minimum atomic E-state index is -3.48. The van der Waals surface area contributed by atoms with Crippen molar-refractivity contribution in [1.29, 1.82) is 0 Å². The Morgan fingerprint density at radius 1 is 0.963 bits per heavy atom. The third-order valence-electron chi connectivity index (χ3n) is 4.50. The second-order valence-corrected chi connectivity index (χ2v) is 8.36. The van der Waals surface area contributed by atoms with Gasteiger partial charge in [-0.05, 0) is 29.7 Å². The van der Waals surface area contributed by atoms with Crippen LogP contribution in [0.1, 0.15) is 17.5 Å². The number of nitrogens with zero attached hydrogens (tertiary/aromatic N) is 1. The van der Waals surface area contributed by atoms with Crippen LogP contribution >= 0.6 is 0 Å². The fourth-order valence-corrected chi connectivity index (χ4v) is 4.31. The topological polar surface area (TPSA) is 75.7 Å². The van der Waals surface area contributed by atoms with Gasteiger partial charge in [0.15, 0.2) is 0 Å². The first-order valence-corrected chi connectivity index (χ1v) is 10.5. The zero-order valence-electron chi connectivity index (χ0n) is 15.1. The third-order valence-corrected chi connectivity index (χ3v) is 6.42. The van der Waals surface area contributed by atoms with E-state index < -0.39 is 10.0 Å². The Morgan fingerprint density at radius 3 is 2.30 bits per heavy atom. The Kier molecular flexibility index (Phi) is 6.60. The summed E-state index contributed by atoms with van der Waals surface area (Å²) in [5.41, 5.74) is 1.99. The van der Waals surface area contributed by atoms with Crippen LogP contribution in [0.5, 0.6) is 0 Å². The molecule has 0 saturated carbocycles. The number of hydrogen-bond donors (Lipinski definition) is 1. The number of aryl methyl sites for hydroxylation is 1. The molecule has 7 heteroatoms. The van der Waals surface area contributed by atoms with Crippen molar-refractivity contribution in [2.45, 2.75) is 24.3 Å². The smallest absolute Gasteiger partial charge is 0.243 e. The number of sulfonamides is 1. The predicted molar refractivity (Wildman–Crippen MR) is 103 cm³/mol. The normalized spacial score (nSPS) is 15.4. The summed E-state index contributed by atoms with van der Waals surface area (Å²) in [4.78, 5) is 12.3. The van der Waals surface area contributed by atoms with Gasteiger partial charge in [0.1, 0.15) is 0 Å². The number of carbonyl (C=O) groups is 1. The quantitative estimate of drug-likeness (QED) is 0.787. The zero-order valence-corrected chi connectivity index (χ0v) is 16.0. The van der Waals surface area contributed by atoms with Gasteiger partial charge in [0.25, 0.3) is 0 Å². The van der Waals surface area contributed by atoms with Gasteiger partial charge >= 0.3 is 0 Å². The predicted octanol–water partition coefficient (Wildman–Crippen LogP) is 1.96. The maximum Gasteiger partial charge on any atom is 0.243 e. The average Bonchev–Trinajstić information content (AvgIpc) is 2.72. The van der Waals surface area contributed by atoms with Gasteiger partial charge in [-0.1, -0.05) is 42.5 Å². The van der Waals surface area contributed by atoms with Crippen molar-refractivity contribution in [1.82, 2.24) is 9.62 Å². The van der Waals surface area contributed by atoms with E-state index in [4.69, 9.17) is 4.74 Å². The van der Waals surface area contributed by atoms with E-state index >= 15 is 0 Å². The van der Waals surface area contributed by atoms with Crippen LogP contribution < -0.4 is 5.32 Å². The van der Waals surface area contributed by atoms with Crippen LogP contribution in [0.4, 0.5) is 0 Å². The molecule has 2 aromatic carbocycles. The minimum Gasteiger partial charge on any atom is -0.379 e. The van der Waals surface area contributed by atoms with Gasteiger partial charge < -0.3 is 10.1 Å². The van der Waals surface area contributed by atoms with Gasteiger partial charge in [0.2, 0.25) is 15.9 Å². The van der Waals surface area contributed by atoms with Gasteiger partial charge in [0, 0.05) is 26.1 Å². The van der Waals surface area contributed by atoms with Crippen LogP contribution in [-0.2, 0) is 32.5 Å². The highest BCUT2D eigenvalue weighted by atomic mass is 32.2. The maximum absolute atomic E-state index is 12.6. The Morgan fingerprint density at radius 2 is 1.63 bits per heavy atom. The molecule has 0 radical (unpaired) electrons. The fraction of sp³-hybridized carbons (Fsp3) is 0.350. The molecule has 0 unspecified atom stereocenters. The summed E-state index contributed by atoms with van der Waals surface area (Å²) in [5, 5.41) is 2.88. The Balaban J connectivity index is 1.50. The SMILES string of the molecule is O=C(CCc1ccccc1)NCc1ccc(S(=O)(=O)N2CCOCC2)cc1. The summed E-state index contributed by atoms with van der Waals surface area (Å²) >= 11 is 0. The Bertz CT molecular complexity index is 845. The first-order chi connectivity index (χ1) is 13.1. The summed E-state index contributed by atoms with van der Waals surface area (Å²) in [6, 6.07) is 16.5. The summed E-state index contributed by atoms with van der Waals surface area (Å²) in [5.74, 6) is -0.0242. The van der Waals surface area contributed by atoms with E-state index in [1.807, 2.05) is 30.3 Å². The highest BCUT2D eigenvalue weighted by molar-refractivity contribution is 7.89. The van der Waals surface area contributed by atoms with Gasteiger partial charge in [-0.15, -0.1) is 0 Å². The molecule has 1 heterocycles. The lowest BCUT2D eigenvalue weighted by molar-refractivity contribution is -0.121. The number of morpholine rings is 1. The van der Waals surface area contributed by atoms with Gasteiger partial charge in [-0.2, -0.15) is 4.31 Å². The van der Waals surface area contributed by atoms with Gasteiger partial charge in [-0.25, -0.2) is 8.42 Å². The van der Waals surface area contributed by atoms with Crippen LogP contribution in [0.15, 0.2) is 59.5 Å². The molecule has 2 aromatic rings. The van der Waals surface area contributed by atoms with E-state index in [1.54, 1.807) is 24.3 Å². The summed E-state index contributed by atoms with van der Waals surface area (Å²) < 4.78 is 31.8. The molecule has 0 bridgehead atoms.